The molecule has 0 radical (unpaired) electrons. The second kappa shape index (κ2) is 11.0. The molecule has 4 aromatic rings. The number of esters is 1. The Morgan fingerprint density at radius 1 is 1.19 bits per heavy atom. The summed E-state index contributed by atoms with van der Waals surface area (Å²) >= 11 is 5.87. The van der Waals surface area contributed by atoms with E-state index in [0.717, 1.165) is 22.3 Å². The molecular weight excluding hydrogens is 564 g/mol. The number of thioether (sulfide) groups is 1. The lowest BCUT2D eigenvalue weighted by molar-refractivity contribution is -0.113. The first kappa shape index (κ1) is 26.2. The standard InChI is InChI=1S/C25H25BrN4O4S2/c1-13(2)30-22(18-8-9-19(26)34-18)28-29-25(30)36-12-20(31)27-23-21(24(32)33-5)17(11-35-23)16-10-14(3)6-7-15(16)4/h6-11,13H,12H2,1-5H3,(H,27,31). The van der Waals surface area contributed by atoms with Gasteiger partial charge >= 0.3 is 5.97 Å². The molecule has 0 unspecified atom stereocenters. The van der Waals surface area contributed by atoms with Crippen LogP contribution in [0.2, 0.25) is 0 Å². The number of nitrogens with zero attached hydrogens (tertiary/aromatic N) is 3. The Morgan fingerprint density at radius 3 is 2.64 bits per heavy atom. The molecule has 1 N–H and O–H groups in total. The van der Waals surface area contributed by atoms with Gasteiger partial charge in [0.2, 0.25) is 11.7 Å². The molecule has 0 bridgehead atoms. The number of nitrogens with one attached hydrogen (secondary N) is 1. The molecule has 0 aliphatic carbocycles. The number of hydrogen-bond acceptors (Lipinski definition) is 8. The minimum absolute atomic E-state index is 0.0489. The summed E-state index contributed by atoms with van der Waals surface area (Å²) < 4.78 is 13.2. The van der Waals surface area contributed by atoms with Crippen molar-refractivity contribution in [1.29, 1.82) is 0 Å². The van der Waals surface area contributed by atoms with Gasteiger partial charge in [-0.15, -0.1) is 21.5 Å². The smallest absolute Gasteiger partial charge is 0.341 e. The molecule has 0 aliphatic rings. The number of rotatable bonds is 8. The SMILES string of the molecule is COC(=O)c1c(-c2cc(C)ccc2C)csc1NC(=O)CSc1nnc(-c2ccc(Br)o2)n1C(C)C. The number of carbonyl (C=O) groups is 2. The van der Waals surface area contributed by atoms with E-state index in [1.165, 1.54) is 30.2 Å². The van der Waals surface area contributed by atoms with Crippen LogP contribution in [0.1, 0.15) is 41.4 Å². The Labute approximate surface area is 225 Å². The third kappa shape index (κ3) is 5.42. The predicted molar refractivity (Wildman–Crippen MR) is 146 cm³/mol. The van der Waals surface area contributed by atoms with Gasteiger partial charge in [0.15, 0.2) is 15.6 Å². The van der Waals surface area contributed by atoms with Crippen molar-refractivity contribution in [1.82, 2.24) is 14.8 Å². The van der Waals surface area contributed by atoms with Crippen LogP contribution in [0.5, 0.6) is 0 Å². The number of thiophene rings is 1. The Bertz CT molecular complexity index is 1420. The van der Waals surface area contributed by atoms with Gasteiger partial charge in [-0.2, -0.15) is 0 Å². The minimum Gasteiger partial charge on any atom is -0.465 e. The molecule has 188 valence electrons. The topological polar surface area (TPSA) is 99.2 Å². The zero-order valence-corrected chi connectivity index (χ0v) is 23.6. The molecule has 0 saturated carbocycles. The quantitative estimate of drug-likeness (QED) is 0.179. The molecule has 0 aliphatic heterocycles. The molecule has 3 aromatic heterocycles. The van der Waals surface area contributed by atoms with Gasteiger partial charge in [0.05, 0.1) is 12.9 Å². The van der Waals surface area contributed by atoms with Crippen LogP contribution >= 0.6 is 39.0 Å². The molecule has 11 heteroatoms. The molecule has 1 aromatic carbocycles. The second-order valence-corrected chi connectivity index (χ2v) is 11.0. The first-order valence-electron chi connectivity index (χ1n) is 11.1. The van der Waals surface area contributed by atoms with Crippen LogP contribution in [0.15, 0.2) is 50.0 Å². The summed E-state index contributed by atoms with van der Waals surface area (Å²) in [5.41, 5.74) is 4.14. The summed E-state index contributed by atoms with van der Waals surface area (Å²) in [6.07, 6.45) is 0. The van der Waals surface area contributed by atoms with Crippen LogP contribution in [-0.2, 0) is 9.53 Å². The van der Waals surface area contributed by atoms with E-state index in [-0.39, 0.29) is 17.7 Å². The highest BCUT2D eigenvalue weighted by atomic mass is 79.9. The molecule has 0 atom stereocenters. The zero-order valence-electron chi connectivity index (χ0n) is 20.4. The van der Waals surface area contributed by atoms with Crippen molar-refractivity contribution in [2.45, 2.75) is 38.9 Å². The summed E-state index contributed by atoms with van der Waals surface area (Å²) in [6.45, 7) is 8.01. The normalized spacial score (nSPS) is 11.2. The van der Waals surface area contributed by atoms with Gasteiger partial charge in [0, 0.05) is 17.0 Å². The summed E-state index contributed by atoms with van der Waals surface area (Å²) in [6, 6.07) is 9.72. The van der Waals surface area contributed by atoms with E-state index in [2.05, 4.69) is 31.4 Å². The highest BCUT2D eigenvalue weighted by Gasteiger charge is 2.24. The van der Waals surface area contributed by atoms with Crippen LogP contribution in [-0.4, -0.2) is 39.5 Å². The first-order valence-corrected chi connectivity index (χ1v) is 13.8. The van der Waals surface area contributed by atoms with Gasteiger partial charge in [-0.25, -0.2) is 4.79 Å². The number of methoxy groups -OCH3 is 1. The summed E-state index contributed by atoms with van der Waals surface area (Å²) in [5.74, 6) is 0.496. The predicted octanol–water partition coefficient (Wildman–Crippen LogP) is 6.74. The van der Waals surface area contributed by atoms with Crippen LogP contribution in [0.3, 0.4) is 0 Å². The van der Waals surface area contributed by atoms with Gasteiger partial charge in [-0.3, -0.25) is 9.36 Å². The summed E-state index contributed by atoms with van der Waals surface area (Å²) in [4.78, 5) is 25.6. The third-order valence-electron chi connectivity index (χ3n) is 5.42. The lowest BCUT2D eigenvalue weighted by Gasteiger charge is -2.13. The van der Waals surface area contributed by atoms with E-state index >= 15 is 0 Å². The fourth-order valence-corrected chi connectivity index (χ4v) is 5.85. The average Bonchev–Trinajstić information content (AvgIpc) is 3.56. The van der Waals surface area contributed by atoms with Gasteiger partial charge < -0.3 is 14.5 Å². The van der Waals surface area contributed by atoms with E-state index in [1.807, 2.05) is 61.9 Å². The van der Waals surface area contributed by atoms with Crippen molar-refractivity contribution in [2.24, 2.45) is 0 Å². The Hall–Kier alpha value is -2.89. The number of anilines is 1. The zero-order chi connectivity index (χ0) is 26.0. The minimum atomic E-state index is -0.496. The summed E-state index contributed by atoms with van der Waals surface area (Å²) in [5, 5.41) is 14.4. The number of aryl methyl sites for hydroxylation is 2. The average molecular weight is 590 g/mol. The van der Waals surface area contributed by atoms with Crippen molar-refractivity contribution in [2.75, 3.05) is 18.2 Å². The number of benzene rings is 1. The molecule has 8 nitrogen and oxygen atoms in total. The Balaban J connectivity index is 1.55. The van der Waals surface area contributed by atoms with Crippen LogP contribution in [0.25, 0.3) is 22.7 Å². The van der Waals surface area contributed by atoms with Gasteiger partial charge in [-0.1, -0.05) is 35.5 Å². The van der Waals surface area contributed by atoms with Gasteiger partial charge in [0.1, 0.15) is 10.6 Å². The van der Waals surface area contributed by atoms with Gasteiger partial charge in [-0.05, 0) is 66.9 Å². The number of aromatic nitrogens is 3. The fraction of sp³-hybridized carbons (Fsp3) is 0.280. The van der Waals surface area contributed by atoms with Crippen molar-refractivity contribution >= 4 is 55.9 Å². The summed E-state index contributed by atoms with van der Waals surface area (Å²) in [7, 11) is 1.34. The van der Waals surface area contributed by atoms with Crippen LogP contribution in [0, 0.1) is 13.8 Å². The molecule has 3 heterocycles. The van der Waals surface area contributed by atoms with Crippen LogP contribution < -0.4 is 5.32 Å². The molecule has 36 heavy (non-hydrogen) atoms. The fourth-order valence-electron chi connectivity index (χ4n) is 3.72. The maximum atomic E-state index is 12.9. The number of halogens is 1. The molecule has 0 fully saturated rings. The number of amides is 1. The van der Waals surface area contributed by atoms with Crippen molar-refractivity contribution in [3.8, 4) is 22.7 Å². The van der Waals surface area contributed by atoms with Crippen molar-refractivity contribution in [3.63, 3.8) is 0 Å². The first-order chi connectivity index (χ1) is 17.2. The van der Waals surface area contributed by atoms with Crippen molar-refractivity contribution < 1.29 is 18.7 Å². The molecule has 4 rings (SSSR count). The van der Waals surface area contributed by atoms with E-state index in [0.29, 0.717) is 32.0 Å². The maximum Gasteiger partial charge on any atom is 0.341 e. The number of hydrogen-bond donors (Lipinski definition) is 1. The highest BCUT2D eigenvalue weighted by Crippen LogP contribution is 2.38. The molecule has 1 amide bonds. The number of ether oxygens (including phenoxy) is 1. The number of carbonyl (C=O) groups excluding carboxylic acids is 2. The Kier molecular flexibility index (Phi) is 8.01. The Morgan fingerprint density at radius 2 is 1.97 bits per heavy atom. The van der Waals surface area contributed by atoms with Crippen molar-refractivity contribution in [3.05, 3.63) is 57.1 Å². The largest absolute Gasteiger partial charge is 0.465 e. The van der Waals surface area contributed by atoms with Gasteiger partial charge in [0.25, 0.3) is 0 Å². The molecular formula is C25H25BrN4O4S2. The van der Waals surface area contributed by atoms with E-state index in [1.54, 1.807) is 6.07 Å². The van der Waals surface area contributed by atoms with E-state index < -0.39 is 5.97 Å². The molecule has 0 spiro atoms. The van der Waals surface area contributed by atoms with E-state index in [4.69, 9.17) is 9.15 Å². The number of furan rings is 1. The van der Waals surface area contributed by atoms with E-state index in [9.17, 15) is 9.59 Å². The lowest BCUT2D eigenvalue weighted by atomic mass is 9.97. The monoisotopic (exact) mass is 588 g/mol. The highest BCUT2D eigenvalue weighted by molar-refractivity contribution is 9.10. The second-order valence-electron chi connectivity index (χ2n) is 8.37. The lowest BCUT2D eigenvalue weighted by Crippen LogP contribution is -2.16. The third-order valence-corrected chi connectivity index (χ3v) is 7.69. The maximum absolute atomic E-state index is 12.9. The molecule has 0 saturated heterocycles. The van der Waals surface area contributed by atoms with Crippen LogP contribution in [0.4, 0.5) is 5.00 Å².